The summed E-state index contributed by atoms with van der Waals surface area (Å²) >= 11 is 0. The van der Waals surface area contributed by atoms with Crippen molar-refractivity contribution in [3.63, 3.8) is 0 Å². The molecule has 1 amide bonds. The summed E-state index contributed by atoms with van der Waals surface area (Å²) in [4.78, 5) is 12.4. The Balaban J connectivity index is 1.78. The molecule has 0 unspecified atom stereocenters. The fourth-order valence-electron chi connectivity index (χ4n) is 2.41. The van der Waals surface area contributed by atoms with Crippen molar-refractivity contribution in [2.24, 2.45) is 0 Å². The molecule has 128 valence electrons. The highest BCUT2D eigenvalue weighted by molar-refractivity contribution is 5.96. The predicted molar refractivity (Wildman–Crippen MR) is 94.7 cm³/mol. The van der Waals surface area contributed by atoms with Gasteiger partial charge in [-0.25, -0.2) is 0 Å². The van der Waals surface area contributed by atoms with E-state index in [1.165, 1.54) is 10.2 Å². The Morgan fingerprint density at radius 1 is 1.20 bits per heavy atom. The van der Waals surface area contributed by atoms with Crippen LogP contribution in [0.15, 0.2) is 48.5 Å². The molecule has 3 N–H and O–H groups in total. The van der Waals surface area contributed by atoms with Crippen molar-refractivity contribution in [1.82, 2.24) is 20.3 Å². The normalized spacial score (nSPS) is 10.5. The molecule has 0 saturated heterocycles. The van der Waals surface area contributed by atoms with Crippen LogP contribution in [0.2, 0.25) is 0 Å². The third-order valence-electron chi connectivity index (χ3n) is 3.81. The SMILES string of the molecule is COc1ccccc1-n1nnc(C(=O)NCc2ccc(C)cc2)c1N. The summed E-state index contributed by atoms with van der Waals surface area (Å²) in [6, 6.07) is 15.2. The Kier molecular flexibility index (Phi) is 4.65. The molecule has 3 aromatic rings. The zero-order valence-corrected chi connectivity index (χ0v) is 14.1. The number of anilines is 1. The first kappa shape index (κ1) is 16.5. The molecule has 1 aromatic heterocycles. The molecule has 0 atom stereocenters. The van der Waals surface area contributed by atoms with Crippen molar-refractivity contribution in [3.8, 4) is 11.4 Å². The minimum Gasteiger partial charge on any atom is -0.494 e. The number of aromatic nitrogens is 3. The third-order valence-corrected chi connectivity index (χ3v) is 3.81. The van der Waals surface area contributed by atoms with E-state index < -0.39 is 0 Å². The monoisotopic (exact) mass is 337 g/mol. The number of carbonyl (C=O) groups excluding carboxylic acids is 1. The summed E-state index contributed by atoms with van der Waals surface area (Å²) in [7, 11) is 1.56. The quantitative estimate of drug-likeness (QED) is 0.743. The molecular weight excluding hydrogens is 318 g/mol. The lowest BCUT2D eigenvalue weighted by Gasteiger charge is -2.08. The molecule has 0 spiro atoms. The molecule has 0 fully saturated rings. The van der Waals surface area contributed by atoms with E-state index in [0.29, 0.717) is 18.0 Å². The molecule has 0 aliphatic heterocycles. The van der Waals surface area contributed by atoms with E-state index in [1.807, 2.05) is 43.3 Å². The Hall–Kier alpha value is -3.35. The van der Waals surface area contributed by atoms with Gasteiger partial charge in [0.05, 0.1) is 7.11 Å². The van der Waals surface area contributed by atoms with Crippen molar-refractivity contribution in [3.05, 3.63) is 65.4 Å². The third kappa shape index (κ3) is 3.45. The summed E-state index contributed by atoms with van der Waals surface area (Å²) in [5.41, 5.74) is 8.93. The lowest BCUT2D eigenvalue weighted by molar-refractivity contribution is 0.0947. The number of amides is 1. The highest BCUT2D eigenvalue weighted by Crippen LogP contribution is 2.24. The highest BCUT2D eigenvalue weighted by atomic mass is 16.5. The number of methoxy groups -OCH3 is 1. The van der Waals surface area contributed by atoms with Crippen LogP contribution in [-0.4, -0.2) is 28.0 Å². The number of hydrogen-bond donors (Lipinski definition) is 2. The fraction of sp³-hybridized carbons (Fsp3) is 0.167. The fourth-order valence-corrected chi connectivity index (χ4v) is 2.41. The van der Waals surface area contributed by atoms with Gasteiger partial charge in [0, 0.05) is 6.54 Å². The van der Waals surface area contributed by atoms with Crippen LogP contribution in [0.4, 0.5) is 5.82 Å². The van der Waals surface area contributed by atoms with E-state index in [9.17, 15) is 4.79 Å². The second-order valence-electron chi connectivity index (χ2n) is 5.58. The number of rotatable bonds is 5. The Morgan fingerprint density at radius 2 is 1.92 bits per heavy atom. The van der Waals surface area contributed by atoms with Gasteiger partial charge in [-0.2, -0.15) is 4.68 Å². The largest absolute Gasteiger partial charge is 0.494 e. The van der Waals surface area contributed by atoms with Gasteiger partial charge in [0.2, 0.25) is 0 Å². The number of aryl methyl sites for hydroxylation is 1. The van der Waals surface area contributed by atoms with Gasteiger partial charge in [-0.05, 0) is 24.6 Å². The molecule has 7 nitrogen and oxygen atoms in total. The van der Waals surface area contributed by atoms with E-state index in [-0.39, 0.29) is 17.4 Å². The smallest absolute Gasteiger partial charge is 0.275 e. The standard InChI is InChI=1S/C18H19N5O2/c1-12-7-9-13(10-8-12)11-20-18(24)16-17(19)23(22-21-16)14-5-3-4-6-15(14)25-2/h3-10H,11,19H2,1-2H3,(H,20,24). The molecule has 25 heavy (non-hydrogen) atoms. The van der Waals surface area contributed by atoms with Crippen molar-refractivity contribution >= 4 is 11.7 Å². The van der Waals surface area contributed by atoms with Gasteiger partial charge in [0.15, 0.2) is 11.5 Å². The molecular formula is C18H19N5O2. The van der Waals surface area contributed by atoms with Crippen molar-refractivity contribution in [1.29, 1.82) is 0 Å². The second kappa shape index (κ2) is 7.04. The van der Waals surface area contributed by atoms with E-state index >= 15 is 0 Å². The molecule has 7 heteroatoms. The average molecular weight is 337 g/mol. The molecule has 0 bridgehead atoms. The summed E-state index contributed by atoms with van der Waals surface area (Å²) < 4.78 is 6.68. The zero-order chi connectivity index (χ0) is 17.8. The van der Waals surface area contributed by atoms with E-state index in [1.54, 1.807) is 19.2 Å². The van der Waals surface area contributed by atoms with Gasteiger partial charge in [-0.15, -0.1) is 5.10 Å². The van der Waals surface area contributed by atoms with E-state index in [4.69, 9.17) is 10.5 Å². The van der Waals surface area contributed by atoms with Crippen LogP contribution in [0.5, 0.6) is 5.75 Å². The maximum Gasteiger partial charge on any atom is 0.275 e. The van der Waals surface area contributed by atoms with Crippen molar-refractivity contribution in [2.45, 2.75) is 13.5 Å². The van der Waals surface area contributed by atoms with Crippen LogP contribution in [0.1, 0.15) is 21.6 Å². The van der Waals surface area contributed by atoms with E-state index in [2.05, 4.69) is 15.6 Å². The Labute approximate surface area is 145 Å². The van der Waals surface area contributed by atoms with Gasteiger partial charge < -0.3 is 15.8 Å². The first-order chi connectivity index (χ1) is 12.1. The number of nitrogen functional groups attached to an aromatic ring is 1. The number of benzene rings is 2. The van der Waals surface area contributed by atoms with Gasteiger partial charge >= 0.3 is 0 Å². The van der Waals surface area contributed by atoms with Gasteiger partial charge in [-0.3, -0.25) is 4.79 Å². The van der Waals surface area contributed by atoms with Crippen LogP contribution in [-0.2, 0) is 6.54 Å². The summed E-state index contributed by atoms with van der Waals surface area (Å²) in [5, 5.41) is 10.7. The number of nitrogens with zero attached hydrogens (tertiary/aromatic N) is 3. The number of ether oxygens (including phenoxy) is 1. The van der Waals surface area contributed by atoms with Crippen LogP contribution < -0.4 is 15.8 Å². The molecule has 1 heterocycles. The summed E-state index contributed by atoms with van der Waals surface area (Å²) in [5.74, 6) is 0.371. The van der Waals surface area contributed by atoms with Gasteiger partial charge in [-0.1, -0.05) is 47.2 Å². The number of nitrogens with one attached hydrogen (secondary N) is 1. The van der Waals surface area contributed by atoms with Crippen LogP contribution >= 0.6 is 0 Å². The van der Waals surface area contributed by atoms with Crippen molar-refractivity contribution < 1.29 is 9.53 Å². The zero-order valence-electron chi connectivity index (χ0n) is 14.1. The van der Waals surface area contributed by atoms with Crippen LogP contribution in [0, 0.1) is 6.92 Å². The maximum atomic E-state index is 12.4. The maximum absolute atomic E-state index is 12.4. The number of carbonyl (C=O) groups is 1. The minimum atomic E-state index is -0.376. The highest BCUT2D eigenvalue weighted by Gasteiger charge is 2.19. The average Bonchev–Trinajstić information content (AvgIpc) is 3.02. The Morgan fingerprint density at radius 3 is 2.64 bits per heavy atom. The minimum absolute atomic E-state index is 0.0815. The second-order valence-corrected chi connectivity index (χ2v) is 5.58. The predicted octanol–water partition coefficient (Wildman–Crippen LogP) is 2.10. The van der Waals surface area contributed by atoms with Crippen LogP contribution in [0.25, 0.3) is 5.69 Å². The van der Waals surface area contributed by atoms with Gasteiger partial charge in [0.1, 0.15) is 11.4 Å². The Bertz CT molecular complexity index is 887. The van der Waals surface area contributed by atoms with Gasteiger partial charge in [0.25, 0.3) is 5.91 Å². The molecule has 3 rings (SSSR count). The lowest BCUT2D eigenvalue weighted by Crippen LogP contribution is -2.24. The lowest BCUT2D eigenvalue weighted by atomic mass is 10.1. The summed E-state index contributed by atoms with van der Waals surface area (Å²) in [6.45, 7) is 2.40. The first-order valence-electron chi connectivity index (χ1n) is 7.78. The van der Waals surface area contributed by atoms with E-state index in [0.717, 1.165) is 5.56 Å². The number of para-hydroxylation sites is 2. The first-order valence-corrected chi connectivity index (χ1v) is 7.78. The molecule has 0 saturated carbocycles. The summed E-state index contributed by atoms with van der Waals surface area (Å²) in [6.07, 6.45) is 0. The molecule has 0 aliphatic rings. The topological polar surface area (TPSA) is 95.1 Å². The number of nitrogens with two attached hydrogens (primary N) is 1. The molecule has 2 aromatic carbocycles. The number of hydrogen-bond acceptors (Lipinski definition) is 5. The molecule has 0 radical (unpaired) electrons. The molecule has 0 aliphatic carbocycles. The van der Waals surface area contributed by atoms with Crippen molar-refractivity contribution in [2.75, 3.05) is 12.8 Å². The van der Waals surface area contributed by atoms with Crippen LogP contribution in [0.3, 0.4) is 0 Å².